The Bertz CT molecular complexity index is 1150. The van der Waals surface area contributed by atoms with Crippen LogP contribution in [0, 0.1) is 29.6 Å². The normalized spacial score (nSPS) is 23.9. The van der Waals surface area contributed by atoms with Crippen LogP contribution in [0.15, 0.2) is 48.5 Å². The highest BCUT2D eigenvalue weighted by Crippen LogP contribution is 2.50. The fourth-order valence-electron chi connectivity index (χ4n) is 5.79. The van der Waals surface area contributed by atoms with Crippen molar-refractivity contribution in [1.29, 1.82) is 0 Å². The van der Waals surface area contributed by atoms with E-state index in [4.69, 9.17) is 9.84 Å². The zero-order valence-electron chi connectivity index (χ0n) is 18.6. The molecule has 0 radical (unpaired) electrons. The maximum atomic E-state index is 12.6. The first-order chi connectivity index (χ1) is 16.5. The van der Waals surface area contributed by atoms with E-state index in [2.05, 4.69) is 40.8 Å². The van der Waals surface area contributed by atoms with Gasteiger partial charge in [-0.1, -0.05) is 54.5 Å². The molecule has 0 spiro atoms. The molecule has 34 heavy (non-hydrogen) atoms. The lowest BCUT2D eigenvalue weighted by atomic mass is 9.71. The summed E-state index contributed by atoms with van der Waals surface area (Å²) in [5, 5.41) is 14.2. The van der Waals surface area contributed by atoms with Gasteiger partial charge in [-0.25, -0.2) is 9.59 Å². The second kappa shape index (κ2) is 9.22. The molecule has 0 heterocycles. The summed E-state index contributed by atoms with van der Waals surface area (Å²) < 4.78 is 5.66. The molecule has 7 nitrogen and oxygen atoms in total. The first-order valence-corrected chi connectivity index (χ1v) is 11.6. The molecule has 3 aliphatic rings. The van der Waals surface area contributed by atoms with E-state index in [9.17, 15) is 14.4 Å². The predicted octanol–water partition coefficient (Wildman–Crippen LogP) is 3.14. The number of carbonyl (C=O) groups is 3. The van der Waals surface area contributed by atoms with E-state index in [1.807, 2.05) is 30.2 Å². The van der Waals surface area contributed by atoms with Crippen molar-refractivity contribution < 1.29 is 24.2 Å². The molecule has 3 aliphatic carbocycles. The number of amides is 2. The molecule has 1 unspecified atom stereocenters. The maximum absolute atomic E-state index is 12.6. The first kappa shape index (κ1) is 22.0. The number of carboxylic acid groups (broad SMARTS) is 1. The van der Waals surface area contributed by atoms with Crippen molar-refractivity contribution >= 4 is 18.0 Å². The molecule has 2 saturated carbocycles. The highest BCUT2D eigenvalue weighted by Gasteiger charge is 2.50. The lowest BCUT2D eigenvalue weighted by molar-refractivity contribution is -0.130. The summed E-state index contributed by atoms with van der Waals surface area (Å²) in [4.78, 5) is 35.4. The third-order valence-electron chi connectivity index (χ3n) is 7.39. The van der Waals surface area contributed by atoms with E-state index in [1.165, 1.54) is 22.3 Å². The topological polar surface area (TPSA) is 105 Å². The number of nitrogens with one attached hydrogen (secondary N) is 2. The van der Waals surface area contributed by atoms with Gasteiger partial charge in [0.05, 0.1) is 6.54 Å². The quantitative estimate of drug-likeness (QED) is 0.597. The molecule has 2 aromatic carbocycles. The molecule has 2 aromatic rings. The van der Waals surface area contributed by atoms with Crippen molar-refractivity contribution in [2.45, 2.75) is 31.2 Å². The molecule has 0 aliphatic heterocycles. The molecular formula is C27H26N2O5. The van der Waals surface area contributed by atoms with Gasteiger partial charge in [0.2, 0.25) is 5.91 Å². The minimum absolute atomic E-state index is 0.0188. The number of hydrogen-bond donors (Lipinski definition) is 3. The third-order valence-corrected chi connectivity index (χ3v) is 7.39. The van der Waals surface area contributed by atoms with Crippen LogP contribution in [0.4, 0.5) is 4.79 Å². The second-order valence-electron chi connectivity index (χ2n) is 9.23. The Kier molecular flexibility index (Phi) is 5.97. The fraction of sp³-hybridized carbons (Fsp3) is 0.370. The zero-order chi connectivity index (χ0) is 23.7. The largest absolute Gasteiger partial charge is 0.472 e. The Morgan fingerprint density at radius 2 is 1.65 bits per heavy atom. The van der Waals surface area contributed by atoms with E-state index in [0.29, 0.717) is 12.3 Å². The molecule has 0 bridgehead atoms. The van der Waals surface area contributed by atoms with Gasteiger partial charge in [0.1, 0.15) is 6.61 Å². The molecule has 2 fully saturated rings. The molecule has 0 aromatic heterocycles. The summed E-state index contributed by atoms with van der Waals surface area (Å²) >= 11 is 0. The van der Waals surface area contributed by atoms with E-state index >= 15 is 0 Å². The summed E-state index contributed by atoms with van der Waals surface area (Å²) in [6.07, 6.45) is 1.92. The van der Waals surface area contributed by atoms with Crippen LogP contribution in [0.3, 0.4) is 0 Å². The number of benzene rings is 2. The summed E-state index contributed by atoms with van der Waals surface area (Å²) in [6.45, 7) is 0.307. The second-order valence-corrected chi connectivity index (χ2v) is 9.23. The van der Waals surface area contributed by atoms with Crippen molar-refractivity contribution in [3.63, 3.8) is 0 Å². The van der Waals surface area contributed by atoms with Gasteiger partial charge in [-0.3, -0.25) is 4.79 Å². The van der Waals surface area contributed by atoms with Gasteiger partial charge in [0, 0.05) is 23.8 Å². The predicted molar refractivity (Wildman–Crippen MR) is 125 cm³/mol. The van der Waals surface area contributed by atoms with Gasteiger partial charge in [0.25, 0.3) is 0 Å². The summed E-state index contributed by atoms with van der Waals surface area (Å²) in [5.74, 6) is 3.65. The van der Waals surface area contributed by atoms with Gasteiger partial charge in [-0.2, -0.15) is 0 Å². The van der Waals surface area contributed by atoms with Gasteiger partial charge in [-0.15, -0.1) is 0 Å². The van der Waals surface area contributed by atoms with E-state index in [-0.39, 0.29) is 42.9 Å². The van der Waals surface area contributed by atoms with Crippen molar-refractivity contribution in [3.8, 4) is 23.0 Å². The first-order valence-electron chi connectivity index (χ1n) is 11.6. The number of aliphatic carboxylic acids is 1. The SMILES string of the molecule is O=C(O)C#CCNC(=O)C1C[C@@H]2C[C@H](NC(=O)OCC3c4ccccc4-c4ccccc43)[C@@H]2C1. The van der Waals surface area contributed by atoms with Crippen LogP contribution in [0.2, 0.25) is 0 Å². The molecular weight excluding hydrogens is 432 g/mol. The monoisotopic (exact) mass is 458 g/mol. The number of carboxylic acids is 1. The molecule has 2 amide bonds. The number of ether oxygens (including phenoxy) is 1. The molecule has 174 valence electrons. The molecule has 4 atom stereocenters. The van der Waals surface area contributed by atoms with E-state index < -0.39 is 12.1 Å². The minimum atomic E-state index is -1.21. The highest BCUT2D eigenvalue weighted by atomic mass is 16.5. The number of hydrogen-bond acceptors (Lipinski definition) is 4. The standard InChI is InChI=1S/C27H26N2O5/c30-25(31)10-5-11-28-26(32)17-12-16-14-24(22(16)13-17)29-27(33)34-15-23-20-8-3-1-6-18(20)19-7-2-4-9-21(19)23/h1-4,6-9,16-17,22-24H,11-15H2,(H,28,32)(H,29,33)(H,30,31)/t16-,17?,22-,24+/m1/s1. The van der Waals surface area contributed by atoms with E-state index in [1.54, 1.807) is 0 Å². The van der Waals surface area contributed by atoms with Crippen LogP contribution in [-0.4, -0.2) is 42.3 Å². The number of carbonyl (C=O) groups excluding carboxylic acids is 2. The Labute approximate surface area is 197 Å². The van der Waals surface area contributed by atoms with Crippen molar-refractivity contribution in [1.82, 2.24) is 10.6 Å². The molecule has 7 heteroatoms. The Morgan fingerprint density at radius 1 is 0.971 bits per heavy atom. The summed E-state index contributed by atoms with van der Waals surface area (Å²) in [5.41, 5.74) is 4.74. The maximum Gasteiger partial charge on any atom is 0.407 e. The number of alkyl carbamates (subject to hydrolysis) is 1. The Balaban J connectivity index is 1.12. The van der Waals surface area contributed by atoms with Crippen LogP contribution < -0.4 is 10.6 Å². The lowest BCUT2D eigenvalue weighted by Gasteiger charge is -2.40. The summed E-state index contributed by atoms with van der Waals surface area (Å²) in [7, 11) is 0. The van der Waals surface area contributed by atoms with Crippen molar-refractivity contribution in [3.05, 3.63) is 59.7 Å². The fourth-order valence-corrected chi connectivity index (χ4v) is 5.79. The number of rotatable bonds is 5. The average molecular weight is 459 g/mol. The Morgan fingerprint density at radius 3 is 2.32 bits per heavy atom. The average Bonchev–Trinajstić information content (AvgIpc) is 3.34. The van der Waals surface area contributed by atoms with Crippen LogP contribution in [0.1, 0.15) is 36.3 Å². The van der Waals surface area contributed by atoms with Crippen molar-refractivity contribution in [2.24, 2.45) is 17.8 Å². The zero-order valence-corrected chi connectivity index (χ0v) is 18.6. The summed E-state index contributed by atoms with van der Waals surface area (Å²) in [6, 6.07) is 16.5. The van der Waals surface area contributed by atoms with Gasteiger partial charge in [-0.05, 0) is 53.4 Å². The molecule has 3 N–H and O–H groups in total. The van der Waals surface area contributed by atoms with Crippen molar-refractivity contribution in [2.75, 3.05) is 13.2 Å². The lowest BCUT2D eigenvalue weighted by Crippen LogP contribution is -2.50. The van der Waals surface area contributed by atoms with Gasteiger partial charge >= 0.3 is 12.1 Å². The smallest absolute Gasteiger partial charge is 0.407 e. The van der Waals surface area contributed by atoms with Crippen LogP contribution in [0.25, 0.3) is 11.1 Å². The Hall–Kier alpha value is -3.79. The highest BCUT2D eigenvalue weighted by molar-refractivity contribution is 5.86. The van der Waals surface area contributed by atoms with Crippen LogP contribution >= 0.6 is 0 Å². The molecule has 0 saturated heterocycles. The van der Waals surface area contributed by atoms with Gasteiger partial charge < -0.3 is 20.5 Å². The minimum Gasteiger partial charge on any atom is -0.472 e. The number of fused-ring (bicyclic) bond motifs is 4. The molecule has 5 rings (SSSR count). The van der Waals surface area contributed by atoms with Gasteiger partial charge in [0.15, 0.2) is 0 Å². The third kappa shape index (κ3) is 4.24. The van der Waals surface area contributed by atoms with Crippen LogP contribution in [0.5, 0.6) is 0 Å². The van der Waals surface area contributed by atoms with Crippen LogP contribution in [-0.2, 0) is 14.3 Å². The van der Waals surface area contributed by atoms with E-state index in [0.717, 1.165) is 12.8 Å².